The van der Waals surface area contributed by atoms with Crippen LogP contribution in [0, 0.1) is 0 Å². The van der Waals surface area contributed by atoms with Crippen LogP contribution < -0.4 is 19.5 Å². The molecule has 5 nitrogen and oxygen atoms in total. The fraction of sp³-hybridized carbons (Fsp3) is 0.429. The van der Waals surface area contributed by atoms with Crippen LogP contribution in [-0.2, 0) is 10.3 Å². The molecule has 2 heterocycles. The summed E-state index contributed by atoms with van der Waals surface area (Å²) in [5, 5.41) is 3.78. The Balaban J connectivity index is 1.31. The second-order valence-electron chi connectivity index (χ2n) is 6.85. The topological polar surface area (TPSA) is 49.0 Å². The smallest absolute Gasteiger partial charge is 0.231 e. The molecule has 0 aromatic heterocycles. The van der Waals surface area contributed by atoms with Gasteiger partial charge in [0, 0.05) is 29.3 Å². The number of ether oxygens (including phenoxy) is 4. The van der Waals surface area contributed by atoms with Gasteiger partial charge in [0.05, 0.1) is 6.61 Å². The molecule has 0 saturated carbocycles. The average molecular weight is 434 g/mol. The SMILES string of the molecule is Brc1cccc(C2(NCCCOc3ccc4c(c3)OCO4)CCOCC2)c1. The van der Waals surface area contributed by atoms with Crippen LogP contribution in [0.25, 0.3) is 0 Å². The van der Waals surface area contributed by atoms with E-state index in [9.17, 15) is 0 Å². The largest absolute Gasteiger partial charge is 0.493 e. The summed E-state index contributed by atoms with van der Waals surface area (Å²) in [5.74, 6) is 2.34. The summed E-state index contributed by atoms with van der Waals surface area (Å²) < 4.78 is 23.3. The highest BCUT2D eigenvalue weighted by molar-refractivity contribution is 9.10. The van der Waals surface area contributed by atoms with Gasteiger partial charge in [0.1, 0.15) is 5.75 Å². The third-order valence-corrected chi connectivity index (χ3v) is 5.61. The van der Waals surface area contributed by atoms with Crippen molar-refractivity contribution in [3.63, 3.8) is 0 Å². The minimum Gasteiger partial charge on any atom is -0.493 e. The molecule has 4 rings (SSSR count). The summed E-state index contributed by atoms with van der Waals surface area (Å²) in [6.07, 6.45) is 2.88. The zero-order chi connectivity index (χ0) is 18.5. The van der Waals surface area contributed by atoms with Gasteiger partial charge in [-0.05, 0) is 55.6 Å². The maximum atomic E-state index is 5.87. The molecule has 2 aliphatic rings. The normalized spacial score (nSPS) is 17.7. The van der Waals surface area contributed by atoms with E-state index in [1.165, 1.54) is 5.56 Å². The molecular formula is C21H24BrNO4. The van der Waals surface area contributed by atoms with E-state index in [1.807, 2.05) is 18.2 Å². The van der Waals surface area contributed by atoms with Crippen LogP contribution in [0.5, 0.6) is 17.2 Å². The first-order valence-corrected chi connectivity index (χ1v) is 10.2. The van der Waals surface area contributed by atoms with Gasteiger partial charge in [0.25, 0.3) is 0 Å². The van der Waals surface area contributed by atoms with Crippen molar-refractivity contribution < 1.29 is 18.9 Å². The second kappa shape index (κ2) is 8.50. The molecule has 1 saturated heterocycles. The summed E-state index contributed by atoms with van der Waals surface area (Å²) >= 11 is 3.59. The van der Waals surface area contributed by atoms with Crippen molar-refractivity contribution >= 4 is 15.9 Å². The number of hydrogen-bond acceptors (Lipinski definition) is 5. The molecule has 0 radical (unpaired) electrons. The molecule has 1 N–H and O–H groups in total. The second-order valence-corrected chi connectivity index (χ2v) is 7.76. The third-order valence-electron chi connectivity index (χ3n) is 5.12. The summed E-state index contributed by atoms with van der Waals surface area (Å²) in [6, 6.07) is 14.3. The number of benzene rings is 2. The Morgan fingerprint density at radius 1 is 1.04 bits per heavy atom. The predicted molar refractivity (Wildman–Crippen MR) is 107 cm³/mol. The fourth-order valence-electron chi connectivity index (χ4n) is 3.63. The van der Waals surface area contributed by atoms with Gasteiger partial charge in [-0.2, -0.15) is 0 Å². The van der Waals surface area contributed by atoms with Crippen LogP contribution in [-0.4, -0.2) is 33.2 Å². The summed E-state index contributed by atoms with van der Waals surface area (Å²) in [4.78, 5) is 0. The number of fused-ring (bicyclic) bond motifs is 1. The van der Waals surface area contributed by atoms with Gasteiger partial charge < -0.3 is 24.3 Å². The average Bonchev–Trinajstić information content (AvgIpc) is 3.16. The monoisotopic (exact) mass is 433 g/mol. The van der Waals surface area contributed by atoms with Gasteiger partial charge in [0.15, 0.2) is 11.5 Å². The van der Waals surface area contributed by atoms with Crippen molar-refractivity contribution in [3.05, 3.63) is 52.5 Å². The number of halogens is 1. The van der Waals surface area contributed by atoms with E-state index in [-0.39, 0.29) is 12.3 Å². The van der Waals surface area contributed by atoms with E-state index in [4.69, 9.17) is 18.9 Å². The van der Waals surface area contributed by atoms with E-state index in [0.717, 1.165) is 60.7 Å². The van der Waals surface area contributed by atoms with E-state index >= 15 is 0 Å². The van der Waals surface area contributed by atoms with Gasteiger partial charge in [-0.3, -0.25) is 0 Å². The van der Waals surface area contributed by atoms with Gasteiger partial charge >= 0.3 is 0 Å². The summed E-state index contributed by atoms with van der Waals surface area (Å²) in [6.45, 7) is 3.39. The Morgan fingerprint density at radius 3 is 2.74 bits per heavy atom. The highest BCUT2D eigenvalue weighted by atomic mass is 79.9. The number of rotatable bonds is 7. The predicted octanol–water partition coefficient (Wildman–Crippen LogP) is 4.24. The van der Waals surface area contributed by atoms with Crippen molar-refractivity contribution in [2.45, 2.75) is 24.8 Å². The highest BCUT2D eigenvalue weighted by Crippen LogP contribution is 2.35. The Labute approximate surface area is 168 Å². The molecule has 2 aromatic rings. The standard InChI is InChI=1S/C21H24BrNO4/c22-17-4-1-3-16(13-17)21(7-11-24-12-8-21)23-9-2-10-25-18-5-6-19-20(14-18)27-15-26-19/h1,3-6,13-14,23H,2,7-12,15H2. The molecule has 27 heavy (non-hydrogen) atoms. The first kappa shape index (κ1) is 18.6. The molecular weight excluding hydrogens is 410 g/mol. The van der Waals surface area contributed by atoms with Gasteiger partial charge in [0.2, 0.25) is 6.79 Å². The maximum absolute atomic E-state index is 5.87. The minimum atomic E-state index is -0.0270. The lowest BCUT2D eigenvalue weighted by atomic mass is 9.82. The van der Waals surface area contributed by atoms with Crippen molar-refractivity contribution in [1.82, 2.24) is 5.32 Å². The molecule has 144 valence electrons. The van der Waals surface area contributed by atoms with Crippen LogP contribution in [0.3, 0.4) is 0 Å². The van der Waals surface area contributed by atoms with Crippen LogP contribution >= 0.6 is 15.9 Å². The molecule has 1 fully saturated rings. The summed E-state index contributed by atoms with van der Waals surface area (Å²) in [7, 11) is 0. The molecule has 0 atom stereocenters. The van der Waals surface area contributed by atoms with Crippen LogP contribution in [0.2, 0.25) is 0 Å². The third kappa shape index (κ3) is 4.39. The van der Waals surface area contributed by atoms with E-state index in [1.54, 1.807) is 0 Å². The quantitative estimate of drug-likeness (QED) is 0.661. The van der Waals surface area contributed by atoms with E-state index in [0.29, 0.717) is 6.61 Å². The fourth-order valence-corrected chi connectivity index (χ4v) is 4.03. The van der Waals surface area contributed by atoms with Crippen LogP contribution in [0.4, 0.5) is 0 Å². The molecule has 6 heteroatoms. The zero-order valence-corrected chi connectivity index (χ0v) is 16.8. The zero-order valence-electron chi connectivity index (χ0n) is 15.2. The molecule has 0 spiro atoms. The van der Waals surface area contributed by atoms with Crippen molar-refractivity contribution in [2.75, 3.05) is 33.2 Å². The Bertz CT molecular complexity index is 777. The lowest BCUT2D eigenvalue weighted by Crippen LogP contribution is -2.47. The molecule has 0 bridgehead atoms. The van der Waals surface area contributed by atoms with E-state index < -0.39 is 0 Å². The first-order chi connectivity index (χ1) is 13.3. The molecule has 0 unspecified atom stereocenters. The van der Waals surface area contributed by atoms with Crippen molar-refractivity contribution in [1.29, 1.82) is 0 Å². The molecule has 0 amide bonds. The first-order valence-electron chi connectivity index (χ1n) is 9.36. The molecule has 2 aliphatic heterocycles. The maximum Gasteiger partial charge on any atom is 0.231 e. The lowest BCUT2D eigenvalue weighted by Gasteiger charge is -2.39. The Morgan fingerprint density at radius 2 is 1.89 bits per heavy atom. The van der Waals surface area contributed by atoms with Gasteiger partial charge in [-0.1, -0.05) is 28.1 Å². The van der Waals surface area contributed by atoms with E-state index in [2.05, 4.69) is 45.5 Å². The minimum absolute atomic E-state index is 0.0270. The van der Waals surface area contributed by atoms with Gasteiger partial charge in [-0.15, -0.1) is 0 Å². The number of hydrogen-bond donors (Lipinski definition) is 1. The molecule has 2 aromatic carbocycles. The highest BCUT2D eigenvalue weighted by Gasteiger charge is 2.33. The van der Waals surface area contributed by atoms with Gasteiger partial charge in [-0.25, -0.2) is 0 Å². The Kier molecular flexibility index (Phi) is 5.86. The summed E-state index contributed by atoms with van der Waals surface area (Å²) in [5.41, 5.74) is 1.29. The molecule has 0 aliphatic carbocycles. The van der Waals surface area contributed by atoms with Crippen molar-refractivity contribution in [3.8, 4) is 17.2 Å². The van der Waals surface area contributed by atoms with Crippen molar-refractivity contribution in [2.24, 2.45) is 0 Å². The lowest BCUT2D eigenvalue weighted by molar-refractivity contribution is 0.0362. The van der Waals surface area contributed by atoms with Crippen LogP contribution in [0.15, 0.2) is 46.9 Å². The number of nitrogens with one attached hydrogen (secondary N) is 1. The Hall–Kier alpha value is -1.76. The van der Waals surface area contributed by atoms with Crippen LogP contribution in [0.1, 0.15) is 24.8 Å².